The molecule has 2 aromatic rings. The van der Waals surface area contributed by atoms with Crippen LogP contribution in [-0.2, 0) is 14.3 Å². The highest BCUT2D eigenvalue weighted by Crippen LogP contribution is 2.27. The number of halogens is 1. The van der Waals surface area contributed by atoms with E-state index in [1.165, 1.54) is 25.2 Å². The van der Waals surface area contributed by atoms with Crippen molar-refractivity contribution >= 4 is 23.3 Å². The highest BCUT2D eigenvalue weighted by atomic mass is 19.1. The largest absolute Gasteiger partial charge is 0.354 e. The molecule has 0 spiro atoms. The van der Waals surface area contributed by atoms with E-state index in [1.807, 2.05) is 0 Å². The van der Waals surface area contributed by atoms with E-state index < -0.39 is 30.2 Å². The minimum absolute atomic E-state index is 0.0691. The predicted octanol–water partition coefficient (Wildman–Crippen LogP) is 1.88. The number of para-hydroxylation sites is 1. The van der Waals surface area contributed by atoms with Crippen LogP contribution in [0, 0.1) is 5.82 Å². The summed E-state index contributed by atoms with van der Waals surface area (Å²) in [5.74, 6) is -0.937. The molecule has 1 aliphatic rings. The van der Waals surface area contributed by atoms with E-state index in [2.05, 4.69) is 15.6 Å². The van der Waals surface area contributed by atoms with Gasteiger partial charge in [0.2, 0.25) is 6.17 Å². The Labute approximate surface area is 173 Å². The molecule has 30 heavy (non-hydrogen) atoms. The number of rotatable bonds is 6. The van der Waals surface area contributed by atoms with Gasteiger partial charge < -0.3 is 25.0 Å². The molecule has 0 radical (unpaired) electrons. The van der Waals surface area contributed by atoms with Crippen LogP contribution in [0.15, 0.2) is 53.5 Å². The van der Waals surface area contributed by atoms with Crippen LogP contribution in [0.1, 0.15) is 11.1 Å². The molecule has 0 saturated heterocycles. The Morgan fingerprint density at radius 3 is 2.43 bits per heavy atom. The number of ether oxygens (including phenoxy) is 2. The fourth-order valence-corrected chi connectivity index (χ4v) is 3.10. The number of urea groups is 1. The number of nitrogens with one attached hydrogen (secondary N) is 2. The van der Waals surface area contributed by atoms with Gasteiger partial charge in [-0.3, -0.25) is 4.79 Å². The van der Waals surface area contributed by atoms with E-state index in [4.69, 9.17) is 9.47 Å². The maximum absolute atomic E-state index is 14.6. The summed E-state index contributed by atoms with van der Waals surface area (Å²) < 4.78 is 24.6. The Morgan fingerprint density at radius 2 is 1.77 bits per heavy atom. The van der Waals surface area contributed by atoms with Crippen molar-refractivity contribution in [1.82, 2.24) is 10.6 Å². The molecule has 0 aromatic heterocycles. The second kappa shape index (κ2) is 9.47. The van der Waals surface area contributed by atoms with Gasteiger partial charge in [0.1, 0.15) is 5.82 Å². The van der Waals surface area contributed by atoms with Crippen LogP contribution in [0.5, 0.6) is 0 Å². The minimum atomic E-state index is -1.25. The van der Waals surface area contributed by atoms with Gasteiger partial charge in [0.15, 0.2) is 6.29 Å². The topological polar surface area (TPSA) is 92.3 Å². The van der Waals surface area contributed by atoms with Gasteiger partial charge in [-0.25, -0.2) is 14.2 Å². The maximum Gasteiger partial charge on any atom is 0.317 e. The van der Waals surface area contributed by atoms with Crippen molar-refractivity contribution in [3.05, 3.63) is 65.5 Å². The maximum atomic E-state index is 14.6. The van der Waals surface area contributed by atoms with Gasteiger partial charge in [-0.1, -0.05) is 30.3 Å². The number of aliphatic imine (C=N–C) groups is 1. The first-order chi connectivity index (χ1) is 14.5. The zero-order chi connectivity index (χ0) is 21.7. The van der Waals surface area contributed by atoms with Crippen molar-refractivity contribution in [2.24, 2.45) is 4.99 Å². The van der Waals surface area contributed by atoms with E-state index in [9.17, 15) is 14.0 Å². The van der Waals surface area contributed by atoms with Crippen LogP contribution in [0.2, 0.25) is 0 Å². The lowest BCUT2D eigenvalue weighted by Crippen LogP contribution is -2.50. The summed E-state index contributed by atoms with van der Waals surface area (Å²) in [6, 6.07) is 12.6. The molecule has 2 N–H and O–H groups in total. The first-order valence-corrected chi connectivity index (χ1v) is 9.26. The number of benzene rings is 2. The molecule has 1 atom stereocenters. The third-order valence-electron chi connectivity index (χ3n) is 4.70. The van der Waals surface area contributed by atoms with Gasteiger partial charge in [-0.2, -0.15) is 0 Å². The third kappa shape index (κ3) is 4.47. The molecule has 3 amide bonds. The van der Waals surface area contributed by atoms with Gasteiger partial charge in [0, 0.05) is 32.4 Å². The number of benzodiazepines with no additional fused rings is 1. The molecule has 3 rings (SSSR count). The Hall–Kier alpha value is -3.30. The fraction of sp³-hybridized carbons (Fsp3) is 0.286. The summed E-state index contributed by atoms with van der Waals surface area (Å²) in [5.41, 5.74) is 1.66. The molecule has 158 valence electrons. The lowest BCUT2D eigenvalue weighted by Gasteiger charge is -2.21. The van der Waals surface area contributed by atoms with E-state index in [1.54, 1.807) is 49.5 Å². The monoisotopic (exact) mass is 414 g/mol. The van der Waals surface area contributed by atoms with E-state index in [-0.39, 0.29) is 17.8 Å². The quantitative estimate of drug-likeness (QED) is 0.706. The van der Waals surface area contributed by atoms with Crippen molar-refractivity contribution in [1.29, 1.82) is 0 Å². The first kappa shape index (κ1) is 21.4. The highest BCUT2D eigenvalue weighted by Gasteiger charge is 2.31. The normalized spacial score (nSPS) is 16.0. The number of carbonyl (C=O) groups is 2. The van der Waals surface area contributed by atoms with Crippen LogP contribution in [0.3, 0.4) is 0 Å². The third-order valence-corrected chi connectivity index (χ3v) is 4.70. The Bertz CT molecular complexity index is 962. The minimum Gasteiger partial charge on any atom is -0.354 e. The molecular weight excluding hydrogens is 391 g/mol. The zero-order valence-corrected chi connectivity index (χ0v) is 16.9. The number of fused-ring (bicyclic) bond motifs is 1. The molecular formula is C21H23FN4O4. The summed E-state index contributed by atoms with van der Waals surface area (Å²) in [4.78, 5) is 31.2. The summed E-state index contributed by atoms with van der Waals surface area (Å²) in [7, 11) is 4.47. The number of methoxy groups -OCH3 is 2. The zero-order valence-electron chi connectivity index (χ0n) is 16.9. The summed E-state index contributed by atoms with van der Waals surface area (Å²) >= 11 is 0. The Morgan fingerprint density at radius 1 is 1.13 bits per heavy atom. The van der Waals surface area contributed by atoms with Gasteiger partial charge in [-0.15, -0.1) is 0 Å². The Kier molecular flexibility index (Phi) is 6.76. The van der Waals surface area contributed by atoms with E-state index in [0.717, 1.165) is 0 Å². The highest BCUT2D eigenvalue weighted by molar-refractivity contribution is 6.20. The molecule has 0 fully saturated rings. The van der Waals surface area contributed by atoms with Gasteiger partial charge in [-0.05, 0) is 18.2 Å². The van der Waals surface area contributed by atoms with E-state index in [0.29, 0.717) is 11.3 Å². The lowest BCUT2D eigenvalue weighted by molar-refractivity contribution is -0.119. The summed E-state index contributed by atoms with van der Waals surface area (Å²) in [6.07, 6.45) is -1.88. The number of nitrogens with zero attached hydrogens (tertiary/aromatic N) is 2. The molecule has 1 unspecified atom stereocenters. The first-order valence-electron chi connectivity index (χ1n) is 9.26. The van der Waals surface area contributed by atoms with Crippen LogP contribution in [-0.4, -0.2) is 57.9 Å². The number of anilines is 1. The number of amides is 3. The van der Waals surface area contributed by atoms with Crippen molar-refractivity contribution in [3.8, 4) is 0 Å². The van der Waals surface area contributed by atoms with Crippen molar-refractivity contribution in [3.63, 3.8) is 0 Å². The molecule has 0 saturated carbocycles. The molecule has 0 bridgehead atoms. The van der Waals surface area contributed by atoms with Crippen LogP contribution in [0.25, 0.3) is 0 Å². The van der Waals surface area contributed by atoms with E-state index >= 15 is 0 Å². The standard InChI is InChI=1S/C21H23FN4O4/c1-26-16-11-7-5-9-14(16)18(13-8-4-6-10-15(13)22)24-19(20(26)27)25-21(28)23-12-17(29-2)30-3/h4-11,17,19H,12H2,1-3H3,(H2,23,25,28). The lowest BCUT2D eigenvalue weighted by atomic mass is 10.00. The number of hydrogen-bond acceptors (Lipinski definition) is 5. The van der Waals surface area contributed by atoms with Crippen LogP contribution in [0.4, 0.5) is 14.9 Å². The van der Waals surface area contributed by atoms with Gasteiger partial charge in [0.25, 0.3) is 5.91 Å². The molecule has 8 nitrogen and oxygen atoms in total. The molecule has 2 aromatic carbocycles. The second-order valence-electron chi connectivity index (χ2n) is 6.53. The van der Waals surface area contributed by atoms with Crippen molar-refractivity contribution < 1.29 is 23.5 Å². The average Bonchev–Trinajstić information content (AvgIpc) is 2.86. The average molecular weight is 414 g/mol. The van der Waals surface area contributed by atoms with Gasteiger partial charge in [0.05, 0.1) is 17.9 Å². The van der Waals surface area contributed by atoms with Gasteiger partial charge >= 0.3 is 6.03 Å². The summed E-state index contributed by atoms with van der Waals surface area (Å²) in [6.45, 7) is 0.0691. The molecule has 9 heteroatoms. The molecule has 0 aliphatic carbocycles. The molecule has 1 aliphatic heterocycles. The van der Waals surface area contributed by atoms with Crippen molar-refractivity contribution in [2.75, 3.05) is 32.7 Å². The van der Waals surface area contributed by atoms with Crippen LogP contribution >= 0.6 is 0 Å². The smallest absolute Gasteiger partial charge is 0.317 e. The van der Waals surface area contributed by atoms with Crippen LogP contribution < -0.4 is 15.5 Å². The summed E-state index contributed by atoms with van der Waals surface area (Å²) in [5, 5.41) is 5.10. The van der Waals surface area contributed by atoms with Crippen molar-refractivity contribution in [2.45, 2.75) is 12.5 Å². The number of likely N-dealkylation sites (N-methyl/N-ethyl adjacent to an activating group) is 1. The fourth-order valence-electron chi connectivity index (χ4n) is 3.10. The number of carbonyl (C=O) groups excluding carboxylic acids is 2. The second-order valence-corrected chi connectivity index (χ2v) is 6.53. The SMILES string of the molecule is COC(CNC(=O)NC1N=C(c2ccccc2F)c2ccccc2N(C)C1=O)OC. The Balaban J connectivity index is 1.96. The number of hydrogen-bond donors (Lipinski definition) is 2. The molecule has 1 heterocycles. The predicted molar refractivity (Wildman–Crippen MR) is 110 cm³/mol.